The number of imidazole rings is 1. The largest absolute Gasteiger partial charge is 0.394 e. The van der Waals surface area contributed by atoms with Gasteiger partial charge < -0.3 is 25.0 Å². The van der Waals surface area contributed by atoms with Gasteiger partial charge in [-0.3, -0.25) is 0 Å². The minimum Gasteiger partial charge on any atom is -0.394 e. The molecule has 4 N–H and O–H groups in total. The smallest absolute Gasteiger partial charge is 0.190 e. The van der Waals surface area contributed by atoms with Crippen LogP contribution in [0.3, 0.4) is 0 Å². The summed E-state index contributed by atoms with van der Waals surface area (Å²) in [5.41, 5.74) is 0.786. The number of hydrogen-bond donors (Lipinski definition) is 4. The summed E-state index contributed by atoms with van der Waals surface area (Å²) in [6, 6.07) is 0. The van der Waals surface area contributed by atoms with Gasteiger partial charge in [-0.05, 0) is 6.26 Å². The van der Waals surface area contributed by atoms with E-state index in [1.165, 1.54) is 11.8 Å². The minimum atomic E-state index is -1.20. The van der Waals surface area contributed by atoms with Gasteiger partial charge in [0.2, 0.25) is 0 Å². The molecule has 0 bridgehead atoms. The third-order valence-electron chi connectivity index (χ3n) is 3.30. The standard InChI is InChI=1S/C11H13ClN4O4S/c1-21-11-14-8(12)4-9(16-11)15-10(13-4)7-6(19)5(18)3(2-17)20-7/h3,5-7,17-19H,2H2,1H3,(H,13,14,15,16)/t3-,5-,6-,7?/m1/s1. The zero-order chi connectivity index (χ0) is 15.1. The molecule has 3 rings (SSSR count). The Morgan fingerprint density at radius 3 is 2.67 bits per heavy atom. The third-order valence-corrected chi connectivity index (χ3v) is 4.12. The van der Waals surface area contributed by atoms with Crippen LogP contribution in [0.2, 0.25) is 5.15 Å². The van der Waals surface area contributed by atoms with E-state index in [4.69, 9.17) is 21.4 Å². The molecule has 0 saturated carbocycles. The van der Waals surface area contributed by atoms with Gasteiger partial charge in [0.15, 0.2) is 16.0 Å². The number of nitrogens with zero attached hydrogens (tertiary/aromatic N) is 3. The first-order valence-corrected chi connectivity index (χ1v) is 7.75. The number of thioether (sulfide) groups is 1. The number of rotatable bonds is 3. The molecule has 114 valence electrons. The number of hydrogen-bond acceptors (Lipinski definition) is 8. The lowest BCUT2D eigenvalue weighted by Gasteiger charge is -2.11. The average molecular weight is 333 g/mol. The van der Waals surface area contributed by atoms with Crippen LogP contribution in [0.1, 0.15) is 11.9 Å². The topological polar surface area (TPSA) is 124 Å². The number of halogens is 1. The molecule has 1 fully saturated rings. The maximum Gasteiger partial charge on any atom is 0.190 e. The number of nitrogens with one attached hydrogen (secondary N) is 1. The number of aliphatic hydroxyl groups excluding tert-OH is 3. The highest BCUT2D eigenvalue weighted by molar-refractivity contribution is 7.98. The molecule has 2 aromatic heterocycles. The third kappa shape index (κ3) is 2.50. The van der Waals surface area contributed by atoms with Crippen LogP contribution in [-0.4, -0.2) is 66.4 Å². The second-order valence-electron chi connectivity index (χ2n) is 4.58. The summed E-state index contributed by atoms with van der Waals surface area (Å²) in [6.45, 7) is -0.397. The molecule has 0 aliphatic carbocycles. The van der Waals surface area contributed by atoms with Gasteiger partial charge in [-0.25, -0.2) is 15.0 Å². The Labute approximate surface area is 128 Å². The molecule has 3 heterocycles. The van der Waals surface area contributed by atoms with E-state index in [1.54, 1.807) is 0 Å². The normalized spacial score (nSPS) is 29.4. The Morgan fingerprint density at radius 1 is 1.29 bits per heavy atom. The van der Waals surface area contributed by atoms with Crippen molar-refractivity contribution in [3.63, 3.8) is 0 Å². The lowest BCUT2D eigenvalue weighted by molar-refractivity contribution is -0.0249. The molecule has 10 heteroatoms. The van der Waals surface area contributed by atoms with Gasteiger partial charge in [-0.2, -0.15) is 0 Å². The van der Waals surface area contributed by atoms with Crippen molar-refractivity contribution in [2.75, 3.05) is 12.9 Å². The van der Waals surface area contributed by atoms with E-state index < -0.39 is 31.0 Å². The van der Waals surface area contributed by atoms with Crippen molar-refractivity contribution in [3.8, 4) is 0 Å². The Kier molecular flexibility index (Phi) is 4.04. The fourth-order valence-electron chi connectivity index (χ4n) is 2.21. The van der Waals surface area contributed by atoms with Crippen LogP contribution in [0.25, 0.3) is 11.2 Å². The maximum atomic E-state index is 9.99. The minimum absolute atomic E-state index is 0.217. The van der Waals surface area contributed by atoms with Crippen LogP contribution in [0.5, 0.6) is 0 Å². The number of fused-ring (bicyclic) bond motifs is 1. The Balaban J connectivity index is 2.00. The summed E-state index contributed by atoms with van der Waals surface area (Å²) < 4.78 is 5.41. The van der Waals surface area contributed by atoms with E-state index in [0.717, 1.165) is 0 Å². The van der Waals surface area contributed by atoms with Crippen molar-refractivity contribution in [3.05, 3.63) is 11.0 Å². The first kappa shape index (κ1) is 14.9. The molecular formula is C11H13ClN4O4S. The average Bonchev–Trinajstić information content (AvgIpc) is 3.02. The zero-order valence-electron chi connectivity index (χ0n) is 10.9. The Bertz CT molecular complexity index is 669. The molecule has 0 amide bonds. The first-order chi connectivity index (χ1) is 10.0. The summed E-state index contributed by atoms with van der Waals surface area (Å²) >= 11 is 7.38. The van der Waals surface area contributed by atoms with E-state index in [1.807, 2.05) is 6.26 Å². The first-order valence-electron chi connectivity index (χ1n) is 6.14. The van der Waals surface area contributed by atoms with Crippen LogP contribution in [0.15, 0.2) is 5.16 Å². The number of H-pyrrole nitrogens is 1. The van der Waals surface area contributed by atoms with Crippen molar-refractivity contribution < 1.29 is 20.1 Å². The molecule has 1 unspecified atom stereocenters. The predicted molar refractivity (Wildman–Crippen MR) is 75.2 cm³/mol. The van der Waals surface area contributed by atoms with Crippen LogP contribution in [0, 0.1) is 0 Å². The van der Waals surface area contributed by atoms with Crippen molar-refractivity contribution in [2.45, 2.75) is 29.6 Å². The molecule has 0 spiro atoms. The van der Waals surface area contributed by atoms with E-state index in [0.29, 0.717) is 16.3 Å². The summed E-state index contributed by atoms with van der Waals surface area (Å²) in [7, 11) is 0. The highest BCUT2D eigenvalue weighted by Crippen LogP contribution is 2.33. The lowest BCUT2D eigenvalue weighted by Crippen LogP contribution is -2.32. The maximum absolute atomic E-state index is 9.99. The Morgan fingerprint density at radius 2 is 2.05 bits per heavy atom. The van der Waals surface area contributed by atoms with Crippen molar-refractivity contribution in [1.82, 2.24) is 19.9 Å². The molecule has 1 saturated heterocycles. The number of ether oxygens (including phenoxy) is 1. The van der Waals surface area contributed by atoms with Gasteiger partial charge in [0.1, 0.15) is 35.8 Å². The molecule has 0 radical (unpaired) electrons. The molecule has 2 aromatic rings. The van der Waals surface area contributed by atoms with E-state index >= 15 is 0 Å². The van der Waals surface area contributed by atoms with Gasteiger partial charge >= 0.3 is 0 Å². The van der Waals surface area contributed by atoms with Crippen LogP contribution < -0.4 is 0 Å². The van der Waals surface area contributed by atoms with Gasteiger partial charge in [0.25, 0.3) is 0 Å². The highest BCUT2D eigenvalue weighted by Gasteiger charge is 2.44. The number of aromatic nitrogens is 4. The monoisotopic (exact) mass is 332 g/mol. The molecule has 8 nitrogen and oxygen atoms in total. The highest BCUT2D eigenvalue weighted by atomic mass is 35.5. The van der Waals surface area contributed by atoms with Crippen LogP contribution >= 0.6 is 23.4 Å². The van der Waals surface area contributed by atoms with E-state index in [9.17, 15) is 10.2 Å². The second-order valence-corrected chi connectivity index (χ2v) is 5.71. The molecule has 0 aromatic carbocycles. The van der Waals surface area contributed by atoms with Crippen LogP contribution in [-0.2, 0) is 4.74 Å². The van der Waals surface area contributed by atoms with Gasteiger partial charge in [-0.1, -0.05) is 23.4 Å². The van der Waals surface area contributed by atoms with Crippen molar-refractivity contribution >= 4 is 34.5 Å². The molecule has 1 aliphatic heterocycles. The predicted octanol–water partition coefficient (Wildman–Crippen LogP) is -0.118. The van der Waals surface area contributed by atoms with Gasteiger partial charge in [0.05, 0.1) is 6.61 Å². The van der Waals surface area contributed by atoms with E-state index in [2.05, 4.69) is 19.9 Å². The Hall–Kier alpha value is -0.970. The number of aromatic amines is 1. The summed E-state index contributed by atoms with van der Waals surface area (Å²) in [5.74, 6) is 0.280. The van der Waals surface area contributed by atoms with Crippen molar-refractivity contribution in [1.29, 1.82) is 0 Å². The second kappa shape index (κ2) is 5.67. The molecular weight excluding hydrogens is 320 g/mol. The molecule has 4 atom stereocenters. The SMILES string of the molecule is CSc1nc(Cl)c2[nH]c(C3O[C@H](CO)[C@@H](O)[C@H]3O)nc2n1. The molecule has 21 heavy (non-hydrogen) atoms. The number of aliphatic hydroxyl groups is 3. The molecule has 1 aliphatic rings. The zero-order valence-corrected chi connectivity index (χ0v) is 12.5. The van der Waals surface area contributed by atoms with Gasteiger partial charge in [0, 0.05) is 0 Å². The summed E-state index contributed by atoms with van der Waals surface area (Å²) in [5, 5.41) is 29.5. The van der Waals surface area contributed by atoms with Crippen molar-refractivity contribution in [2.24, 2.45) is 0 Å². The van der Waals surface area contributed by atoms with Crippen LogP contribution in [0.4, 0.5) is 0 Å². The quantitative estimate of drug-likeness (QED) is 0.348. The van der Waals surface area contributed by atoms with Gasteiger partial charge in [-0.15, -0.1) is 0 Å². The summed E-state index contributed by atoms with van der Waals surface area (Å²) in [6.07, 6.45) is -2.32. The van der Waals surface area contributed by atoms with E-state index in [-0.39, 0.29) is 11.0 Å². The summed E-state index contributed by atoms with van der Waals surface area (Å²) in [4.78, 5) is 15.4. The fourth-order valence-corrected chi connectivity index (χ4v) is 2.84. The fraction of sp³-hybridized carbons (Fsp3) is 0.545. The lowest BCUT2D eigenvalue weighted by atomic mass is 10.1.